The van der Waals surface area contributed by atoms with Crippen molar-refractivity contribution in [3.05, 3.63) is 0 Å². The number of likely N-dealkylation sites (tertiary alicyclic amines) is 1. The Morgan fingerprint density at radius 3 is 2.65 bits per heavy atom. The molecule has 0 aromatic heterocycles. The molecule has 3 heterocycles. The van der Waals surface area contributed by atoms with Crippen molar-refractivity contribution in [3.8, 4) is 0 Å². The third-order valence-corrected chi connectivity index (χ3v) is 5.48. The van der Waals surface area contributed by atoms with Crippen LogP contribution in [0, 0.1) is 11.8 Å². The number of carbonyl (C=O) groups is 1. The van der Waals surface area contributed by atoms with Gasteiger partial charge in [-0.3, -0.25) is 9.69 Å². The van der Waals surface area contributed by atoms with Crippen molar-refractivity contribution in [1.29, 1.82) is 0 Å². The monoisotopic (exact) mass is 326 g/mol. The molecule has 1 spiro atoms. The minimum Gasteiger partial charge on any atom is -0.381 e. The lowest BCUT2D eigenvalue weighted by atomic mass is 9.80. The van der Waals surface area contributed by atoms with Crippen molar-refractivity contribution >= 4 is 5.91 Å². The SMILES string of the molecule is CN(C)C(=O)COC[C@H]1CCOC12CN(CC1CCOCC1)C2. The highest BCUT2D eigenvalue weighted by molar-refractivity contribution is 5.76. The van der Waals surface area contributed by atoms with Gasteiger partial charge in [-0.05, 0) is 25.2 Å². The Bertz CT molecular complexity index is 403. The second kappa shape index (κ2) is 7.47. The van der Waals surface area contributed by atoms with E-state index in [9.17, 15) is 4.79 Å². The highest BCUT2D eigenvalue weighted by atomic mass is 16.5. The van der Waals surface area contributed by atoms with Gasteiger partial charge in [-0.2, -0.15) is 0 Å². The molecule has 6 heteroatoms. The maximum absolute atomic E-state index is 11.6. The number of ether oxygens (including phenoxy) is 3. The molecule has 1 atom stereocenters. The lowest BCUT2D eigenvalue weighted by Crippen LogP contribution is -2.66. The van der Waals surface area contributed by atoms with Crippen LogP contribution in [0.5, 0.6) is 0 Å². The van der Waals surface area contributed by atoms with E-state index in [2.05, 4.69) is 4.90 Å². The molecule has 0 unspecified atom stereocenters. The maximum atomic E-state index is 11.6. The summed E-state index contributed by atoms with van der Waals surface area (Å²) in [5.41, 5.74) is -0.0215. The summed E-state index contributed by atoms with van der Waals surface area (Å²) in [5.74, 6) is 1.21. The van der Waals surface area contributed by atoms with Crippen molar-refractivity contribution in [3.63, 3.8) is 0 Å². The van der Waals surface area contributed by atoms with E-state index in [4.69, 9.17) is 14.2 Å². The van der Waals surface area contributed by atoms with Gasteiger partial charge in [0.15, 0.2) is 0 Å². The molecule has 132 valence electrons. The summed E-state index contributed by atoms with van der Waals surface area (Å²) in [6.45, 7) is 6.64. The molecule has 3 saturated heterocycles. The average molecular weight is 326 g/mol. The lowest BCUT2D eigenvalue weighted by Gasteiger charge is -2.51. The molecule has 0 N–H and O–H groups in total. The van der Waals surface area contributed by atoms with Crippen molar-refractivity contribution in [2.45, 2.75) is 24.9 Å². The highest BCUT2D eigenvalue weighted by Gasteiger charge is 2.53. The molecule has 3 aliphatic heterocycles. The van der Waals surface area contributed by atoms with Gasteiger partial charge in [0.25, 0.3) is 0 Å². The fourth-order valence-corrected chi connectivity index (χ4v) is 3.92. The van der Waals surface area contributed by atoms with Gasteiger partial charge in [0.2, 0.25) is 5.91 Å². The molecule has 6 nitrogen and oxygen atoms in total. The van der Waals surface area contributed by atoms with E-state index in [0.29, 0.717) is 12.5 Å². The van der Waals surface area contributed by atoms with Gasteiger partial charge in [-0.15, -0.1) is 0 Å². The molecule has 0 aromatic carbocycles. The number of nitrogens with zero attached hydrogens (tertiary/aromatic N) is 2. The smallest absolute Gasteiger partial charge is 0.248 e. The first kappa shape index (κ1) is 17.1. The van der Waals surface area contributed by atoms with E-state index in [1.165, 1.54) is 19.4 Å². The van der Waals surface area contributed by atoms with E-state index in [1.807, 2.05) is 0 Å². The van der Waals surface area contributed by atoms with Gasteiger partial charge in [0.05, 0.1) is 12.2 Å². The zero-order valence-electron chi connectivity index (χ0n) is 14.5. The van der Waals surface area contributed by atoms with Gasteiger partial charge in [-0.1, -0.05) is 0 Å². The number of rotatable bonds is 6. The Labute approximate surface area is 139 Å². The number of hydrogen-bond acceptors (Lipinski definition) is 5. The molecular formula is C17H30N2O4. The summed E-state index contributed by atoms with van der Waals surface area (Å²) in [6.07, 6.45) is 3.41. The molecule has 0 saturated carbocycles. The van der Waals surface area contributed by atoms with E-state index in [0.717, 1.165) is 45.2 Å². The number of carbonyl (C=O) groups excluding carboxylic acids is 1. The molecule has 1 amide bonds. The third-order valence-electron chi connectivity index (χ3n) is 5.48. The van der Waals surface area contributed by atoms with E-state index >= 15 is 0 Å². The minimum absolute atomic E-state index is 0.0210. The van der Waals surface area contributed by atoms with Crippen molar-refractivity contribution in [1.82, 2.24) is 9.80 Å². The largest absolute Gasteiger partial charge is 0.381 e. The van der Waals surface area contributed by atoms with E-state index in [1.54, 1.807) is 19.0 Å². The van der Waals surface area contributed by atoms with Crippen LogP contribution in [0.1, 0.15) is 19.3 Å². The number of likely N-dealkylation sites (N-methyl/N-ethyl adjacent to an activating group) is 1. The van der Waals surface area contributed by atoms with Gasteiger partial charge >= 0.3 is 0 Å². The Kier molecular flexibility index (Phi) is 5.57. The Hall–Kier alpha value is -0.690. The maximum Gasteiger partial charge on any atom is 0.248 e. The molecule has 3 rings (SSSR count). The van der Waals surface area contributed by atoms with Crippen LogP contribution >= 0.6 is 0 Å². The highest BCUT2D eigenvalue weighted by Crippen LogP contribution is 2.40. The second-order valence-electron chi connectivity index (χ2n) is 7.43. The third kappa shape index (κ3) is 4.05. The van der Waals surface area contributed by atoms with Crippen LogP contribution in [0.3, 0.4) is 0 Å². The zero-order valence-corrected chi connectivity index (χ0v) is 14.5. The van der Waals surface area contributed by atoms with Gasteiger partial charge in [-0.25, -0.2) is 0 Å². The normalized spacial score (nSPS) is 28.0. The number of hydrogen-bond donors (Lipinski definition) is 0. The van der Waals surface area contributed by atoms with Crippen LogP contribution in [0.25, 0.3) is 0 Å². The summed E-state index contributed by atoms with van der Waals surface area (Å²) < 4.78 is 17.2. The first-order chi connectivity index (χ1) is 11.1. The molecule has 3 fully saturated rings. The first-order valence-corrected chi connectivity index (χ1v) is 8.81. The van der Waals surface area contributed by atoms with Gasteiger partial charge < -0.3 is 19.1 Å². The fourth-order valence-electron chi connectivity index (χ4n) is 3.92. The molecule has 0 aromatic rings. The van der Waals surface area contributed by atoms with Crippen molar-refractivity contribution < 1.29 is 19.0 Å². The predicted molar refractivity (Wildman–Crippen MR) is 86.3 cm³/mol. The van der Waals surface area contributed by atoms with Crippen molar-refractivity contribution in [2.75, 3.05) is 66.8 Å². The molecule has 3 aliphatic rings. The molecule has 0 aliphatic carbocycles. The first-order valence-electron chi connectivity index (χ1n) is 8.81. The van der Waals surface area contributed by atoms with Crippen LogP contribution in [0.15, 0.2) is 0 Å². The summed E-state index contributed by atoms with van der Waals surface area (Å²) >= 11 is 0. The van der Waals surface area contributed by atoms with Gasteiger partial charge in [0, 0.05) is 59.5 Å². The van der Waals surface area contributed by atoms with Crippen LogP contribution in [0.2, 0.25) is 0 Å². The topological polar surface area (TPSA) is 51.2 Å². The van der Waals surface area contributed by atoms with Crippen LogP contribution in [0.4, 0.5) is 0 Å². The minimum atomic E-state index is -0.0215. The molecule has 23 heavy (non-hydrogen) atoms. The van der Waals surface area contributed by atoms with Crippen molar-refractivity contribution in [2.24, 2.45) is 11.8 Å². The van der Waals surface area contributed by atoms with E-state index < -0.39 is 0 Å². The summed E-state index contributed by atoms with van der Waals surface area (Å²) in [7, 11) is 3.51. The second-order valence-corrected chi connectivity index (χ2v) is 7.43. The Morgan fingerprint density at radius 2 is 1.96 bits per heavy atom. The van der Waals surface area contributed by atoms with Gasteiger partial charge in [0.1, 0.15) is 6.61 Å². The predicted octanol–water partition coefficient (Wildman–Crippen LogP) is 0.609. The molecular weight excluding hydrogens is 296 g/mol. The standard InChI is InChI=1S/C17H30N2O4/c1-18(2)16(20)11-22-10-15-5-8-23-17(15)12-19(13-17)9-14-3-6-21-7-4-14/h14-15H,3-13H2,1-2H3/t15-/m1/s1. The fraction of sp³-hybridized carbons (Fsp3) is 0.941. The molecule has 0 radical (unpaired) electrons. The Balaban J connectivity index is 1.40. The lowest BCUT2D eigenvalue weighted by molar-refractivity contribution is -0.152. The quantitative estimate of drug-likeness (QED) is 0.716. The Morgan fingerprint density at radius 1 is 1.22 bits per heavy atom. The van der Waals surface area contributed by atoms with Crippen LogP contribution in [-0.2, 0) is 19.0 Å². The average Bonchev–Trinajstić information content (AvgIpc) is 2.91. The summed E-state index contributed by atoms with van der Waals surface area (Å²) in [5, 5.41) is 0. The zero-order chi connectivity index (χ0) is 16.3. The molecule has 0 bridgehead atoms. The van der Waals surface area contributed by atoms with E-state index in [-0.39, 0.29) is 18.1 Å². The van der Waals surface area contributed by atoms with Crippen LogP contribution < -0.4 is 0 Å². The summed E-state index contributed by atoms with van der Waals surface area (Å²) in [6, 6.07) is 0. The summed E-state index contributed by atoms with van der Waals surface area (Å²) in [4.78, 5) is 15.7. The number of amides is 1. The van der Waals surface area contributed by atoms with Crippen LogP contribution in [-0.4, -0.2) is 88.1 Å².